The van der Waals surface area contributed by atoms with Gasteiger partial charge < -0.3 is 25.3 Å². The average molecular weight is 607 g/mol. The number of hydrogen-bond acceptors (Lipinski definition) is 12. The van der Waals surface area contributed by atoms with Crippen LogP contribution in [0.3, 0.4) is 0 Å². The van der Waals surface area contributed by atoms with E-state index in [1.54, 1.807) is 35.0 Å². The number of ether oxygens (including phenoxy) is 1. The lowest BCUT2D eigenvalue weighted by atomic mass is 9.96. The summed E-state index contributed by atoms with van der Waals surface area (Å²) in [6.07, 6.45) is 0.183. The van der Waals surface area contributed by atoms with Crippen LogP contribution >= 0.6 is 19.4 Å². The Bertz CT molecular complexity index is 1480. The summed E-state index contributed by atoms with van der Waals surface area (Å²) in [6, 6.07) is 8.74. The van der Waals surface area contributed by atoms with Gasteiger partial charge in [0, 0.05) is 17.6 Å². The molecule has 14 nitrogen and oxygen atoms in total. The minimum absolute atomic E-state index is 0.152. The SMILES string of the molecule is CS(=O)(=O)O.C[C@@]1(O)[C@H](O)[C@@H](CO[P@@]2(=O)OCC[C@@H](c3cccc(Cl)c3)O2)O[C@H]1n1ccc2c(N)ncnc21. The van der Waals surface area contributed by atoms with Gasteiger partial charge in [-0.15, -0.1) is 0 Å². The minimum Gasteiger partial charge on any atom is -0.387 e. The van der Waals surface area contributed by atoms with Crippen molar-refractivity contribution in [2.45, 2.75) is 43.5 Å². The smallest absolute Gasteiger partial charge is 0.387 e. The Morgan fingerprint density at radius 3 is 2.74 bits per heavy atom. The maximum absolute atomic E-state index is 13.1. The second kappa shape index (κ2) is 11.4. The van der Waals surface area contributed by atoms with E-state index >= 15 is 0 Å². The lowest BCUT2D eigenvalue weighted by Gasteiger charge is -2.30. The van der Waals surface area contributed by atoms with Gasteiger partial charge in [0.25, 0.3) is 10.1 Å². The zero-order chi connectivity index (χ0) is 28.6. The first-order valence-electron chi connectivity index (χ1n) is 11.6. The number of rotatable bonds is 5. The molecule has 17 heteroatoms. The first-order valence-corrected chi connectivity index (χ1v) is 15.2. The third-order valence-corrected chi connectivity index (χ3v) is 7.76. The topological polar surface area (TPSA) is 206 Å². The molecule has 0 radical (unpaired) electrons. The van der Waals surface area contributed by atoms with Crippen LogP contribution in [0.2, 0.25) is 5.02 Å². The van der Waals surface area contributed by atoms with E-state index in [4.69, 9.17) is 40.2 Å². The highest BCUT2D eigenvalue weighted by molar-refractivity contribution is 7.85. The highest BCUT2D eigenvalue weighted by Crippen LogP contribution is 2.57. The van der Waals surface area contributed by atoms with E-state index in [1.165, 1.54) is 13.3 Å². The predicted octanol–water partition coefficient (Wildman–Crippen LogP) is 2.48. The molecule has 6 atom stereocenters. The van der Waals surface area contributed by atoms with Crippen LogP contribution in [0, 0.1) is 0 Å². The molecule has 214 valence electrons. The van der Waals surface area contributed by atoms with Gasteiger partial charge in [-0.3, -0.25) is 18.1 Å². The lowest BCUT2D eigenvalue weighted by Crippen LogP contribution is -2.44. The number of aromatic nitrogens is 3. The highest BCUT2D eigenvalue weighted by atomic mass is 35.5. The zero-order valence-corrected chi connectivity index (χ0v) is 23.3. The molecule has 0 unspecified atom stereocenters. The van der Waals surface area contributed by atoms with Crippen molar-refractivity contribution in [3.8, 4) is 0 Å². The zero-order valence-electron chi connectivity index (χ0n) is 20.8. The van der Waals surface area contributed by atoms with Crippen molar-refractivity contribution >= 4 is 46.4 Å². The Labute approximate surface area is 229 Å². The third kappa shape index (κ3) is 6.95. The van der Waals surface area contributed by atoms with Crippen molar-refractivity contribution in [2.24, 2.45) is 0 Å². The van der Waals surface area contributed by atoms with Crippen molar-refractivity contribution in [1.82, 2.24) is 14.5 Å². The Kier molecular flexibility index (Phi) is 8.69. The van der Waals surface area contributed by atoms with Crippen LogP contribution in [-0.4, -0.2) is 75.0 Å². The first-order chi connectivity index (χ1) is 18.2. The fourth-order valence-corrected chi connectivity index (χ4v) is 5.83. The molecule has 2 aromatic heterocycles. The molecule has 2 aliphatic rings. The van der Waals surface area contributed by atoms with E-state index < -0.39 is 48.1 Å². The largest absolute Gasteiger partial charge is 0.475 e. The van der Waals surface area contributed by atoms with Gasteiger partial charge in [-0.05, 0) is 30.7 Å². The number of aliphatic hydroxyl groups excluding tert-OH is 1. The number of halogens is 1. The fraction of sp³-hybridized carbons (Fsp3) is 0.455. The van der Waals surface area contributed by atoms with Crippen molar-refractivity contribution in [3.05, 3.63) is 53.4 Å². The molecular formula is C22H28ClN4O10PS. The van der Waals surface area contributed by atoms with Crippen LogP contribution in [0.1, 0.15) is 31.2 Å². The third-order valence-electron chi connectivity index (χ3n) is 6.05. The van der Waals surface area contributed by atoms with Gasteiger partial charge >= 0.3 is 7.82 Å². The van der Waals surface area contributed by atoms with E-state index in [1.807, 2.05) is 6.07 Å². The standard InChI is InChI=1S/C21H24ClN4O7P.CH4O3S/c1-21(28)17(27)16(32-20(21)26-7-5-14-18(23)24-11-25-19(14)26)10-31-34(29)30-8-6-15(33-34)12-3-2-4-13(22)9-12;1-5(2,3)4/h2-5,7,9,11,15-17,20,27-28H,6,8,10H2,1H3,(H2,23,24,25);1H3,(H,2,3,4)/t15-,16+,17+,20+,21+,34+;/m0./s1. The van der Waals surface area contributed by atoms with Crippen LogP contribution in [-0.2, 0) is 33.0 Å². The van der Waals surface area contributed by atoms with Gasteiger partial charge in [0.05, 0.1) is 31.0 Å². The number of hydrogen-bond donors (Lipinski definition) is 4. The second-order valence-corrected chi connectivity index (χ2v) is 12.7. The maximum Gasteiger partial charge on any atom is 0.475 e. The molecule has 2 saturated heterocycles. The second-order valence-electron chi connectivity index (χ2n) is 9.16. The summed E-state index contributed by atoms with van der Waals surface area (Å²) in [4.78, 5) is 8.16. The molecule has 0 amide bonds. The van der Waals surface area contributed by atoms with Gasteiger partial charge in [0.1, 0.15) is 35.6 Å². The number of phosphoric acid groups is 1. The molecule has 39 heavy (non-hydrogen) atoms. The average Bonchev–Trinajstić information content (AvgIpc) is 3.36. The van der Waals surface area contributed by atoms with E-state index in [0.29, 0.717) is 28.7 Å². The summed E-state index contributed by atoms with van der Waals surface area (Å²) >= 11 is 6.05. The number of nitrogens with zero attached hydrogens (tertiary/aromatic N) is 3. The summed E-state index contributed by atoms with van der Waals surface area (Å²) in [5.74, 6) is 0.278. The molecule has 4 heterocycles. The van der Waals surface area contributed by atoms with Gasteiger partial charge in [-0.2, -0.15) is 8.42 Å². The molecule has 0 bridgehead atoms. The number of aliphatic hydroxyl groups is 2. The van der Waals surface area contributed by atoms with Crippen molar-refractivity contribution in [2.75, 3.05) is 25.2 Å². The van der Waals surface area contributed by atoms with Crippen LogP contribution in [0.15, 0.2) is 42.9 Å². The normalized spacial score (nSPS) is 31.1. The monoisotopic (exact) mass is 606 g/mol. The molecule has 0 aliphatic carbocycles. The van der Waals surface area contributed by atoms with Crippen LogP contribution < -0.4 is 5.73 Å². The Morgan fingerprint density at radius 2 is 2.05 bits per heavy atom. The molecule has 2 fully saturated rings. The highest BCUT2D eigenvalue weighted by Gasteiger charge is 2.54. The summed E-state index contributed by atoms with van der Waals surface area (Å²) in [7, 11) is -7.62. The summed E-state index contributed by atoms with van der Waals surface area (Å²) in [6.45, 7) is 1.24. The lowest BCUT2D eigenvalue weighted by molar-refractivity contribution is -0.0950. The van der Waals surface area contributed by atoms with Gasteiger partial charge in [0.15, 0.2) is 6.23 Å². The van der Waals surface area contributed by atoms with Crippen LogP contribution in [0.4, 0.5) is 5.82 Å². The molecule has 0 saturated carbocycles. The fourth-order valence-electron chi connectivity index (χ4n) is 4.23. The Hall–Kier alpha value is -2.17. The molecule has 5 rings (SSSR count). The van der Waals surface area contributed by atoms with E-state index in [0.717, 1.165) is 5.56 Å². The number of fused-ring (bicyclic) bond motifs is 1. The number of nitrogen functional groups attached to an aromatic ring is 1. The van der Waals surface area contributed by atoms with Crippen LogP contribution in [0.25, 0.3) is 11.0 Å². The Balaban J connectivity index is 0.000000648. The molecular weight excluding hydrogens is 579 g/mol. The molecule has 5 N–H and O–H groups in total. The Morgan fingerprint density at radius 1 is 1.33 bits per heavy atom. The molecule has 0 spiro atoms. The van der Waals surface area contributed by atoms with Gasteiger partial charge in [-0.1, -0.05) is 23.7 Å². The minimum atomic E-state index is -3.96. The molecule has 1 aromatic carbocycles. The van der Waals surface area contributed by atoms with Crippen LogP contribution in [0.5, 0.6) is 0 Å². The van der Waals surface area contributed by atoms with Crippen molar-refractivity contribution in [1.29, 1.82) is 0 Å². The summed E-state index contributed by atoms with van der Waals surface area (Å²) in [5, 5.41) is 22.9. The van der Waals surface area contributed by atoms with E-state index in [2.05, 4.69) is 9.97 Å². The number of anilines is 1. The maximum atomic E-state index is 13.1. The quantitative estimate of drug-likeness (QED) is 0.243. The van der Waals surface area contributed by atoms with Crippen molar-refractivity contribution < 1.29 is 46.1 Å². The van der Waals surface area contributed by atoms with E-state index in [-0.39, 0.29) is 19.0 Å². The molecule has 3 aromatic rings. The van der Waals surface area contributed by atoms with E-state index in [9.17, 15) is 23.2 Å². The van der Waals surface area contributed by atoms with Gasteiger partial charge in [-0.25, -0.2) is 14.5 Å². The first kappa shape index (κ1) is 29.8. The number of benzene rings is 1. The van der Waals surface area contributed by atoms with Crippen molar-refractivity contribution in [3.63, 3.8) is 0 Å². The number of nitrogens with two attached hydrogens (primary N) is 1. The summed E-state index contributed by atoms with van der Waals surface area (Å²) in [5.41, 5.74) is 5.36. The van der Waals surface area contributed by atoms with Gasteiger partial charge in [0.2, 0.25) is 0 Å². The number of phosphoric ester groups is 1. The predicted molar refractivity (Wildman–Crippen MR) is 139 cm³/mol. The molecule has 2 aliphatic heterocycles. The summed E-state index contributed by atoms with van der Waals surface area (Å²) < 4.78 is 62.9.